The monoisotopic (exact) mass is 1340 g/mol. The molecule has 0 aliphatic heterocycles. The van der Waals surface area contributed by atoms with Crippen LogP contribution in [0.4, 0.5) is 0 Å². The molecule has 91 heavy (non-hydrogen) atoms. The predicted octanol–water partition coefficient (Wildman–Crippen LogP) is 20.6. The van der Waals surface area contributed by atoms with Gasteiger partial charge in [0.15, 0.2) is 12.2 Å². The number of aliphatic hydroxyl groups excluding tert-OH is 1. The highest BCUT2D eigenvalue weighted by Crippen LogP contribution is 2.45. The molecule has 0 aromatic heterocycles. The van der Waals surface area contributed by atoms with Crippen molar-refractivity contribution in [2.45, 2.75) is 381 Å². The van der Waals surface area contributed by atoms with Crippen molar-refractivity contribution in [3.8, 4) is 0 Å². The second-order valence-corrected chi connectivity index (χ2v) is 29.8. The fraction of sp³-hybridized carbons (Fsp3) is 0.944. The second-order valence-electron chi connectivity index (χ2n) is 26.9. The first-order valence-corrected chi connectivity index (χ1v) is 40.4. The fourth-order valence-electron chi connectivity index (χ4n) is 10.8. The van der Waals surface area contributed by atoms with Gasteiger partial charge >= 0.3 is 39.5 Å². The number of carbonyl (C=O) groups excluding carboxylic acids is 4. The van der Waals surface area contributed by atoms with Crippen LogP contribution in [0.3, 0.4) is 0 Å². The molecule has 0 saturated carbocycles. The third-order valence-electron chi connectivity index (χ3n) is 17.4. The van der Waals surface area contributed by atoms with Crippen LogP contribution in [0.15, 0.2) is 0 Å². The van der Waals surface area contributed by atoms with Crippen LogP contribution in [0, 0.1) is 17.8 Å². The third kappa shape index (κ3) is 63.9. The number of rotatable bonds is 70. The number of esters is 4. The molecule has 0 saturated heterocycles. The number of unbranched alkanes of at least 4 members (excludes halogenated alkanes) is 36. The SMILES string of the molecule is CCCCCCCCCCCC(=O)OC[C@H](COP(=O)(O)OC[C@H](O)COP(=O)(O)OC[C@@H](COC(=O)CCCCCCCCCC(C)C)OC(=O)CCCCCCCCCCCCCCCCCCCCC(C)CC)OC(=O)CCCCCCCCC(C)CC. The summed E-state index contributed by atoms with van der Waals surface area (Å²) in [6.07, 6.45) is 47.5. The summed E-state index contributed by atoms with van der Waals surface area (Å²) in [7, 11) is -9.90. The largest absolute Gasteiger partial charge is 0.472 e. The lowest BCUT2D eigenvalue weighted by atomic mass is 9.99. The van der Waals surface area contributed by atoms with Crippen molar-refractivity contribution in [2.75, 3.05) is 39.6 Å². The quantitative estimate of drug-likeness (QED) is 0.0222. The van der Waals surface area contributed by atoms with Crippen LogP contribution in [0.1, 0.15) is 363 Å². The van der Waals surface area contributed by atoms with E-state index in [0.29, 0.717) is 31.6 Å². The molecule has 4 unspecified atom stereocenters. The molecule has 0 radical (unpaired) electrons. The van der Waals surface area contributed by atoms with Crippen molar-refractivity contribution in [1.82, 2.24) is 0 Å². The maximum Gasteiger partial charge on any atom is 0.472 e. The van der Waals surface area contributed by atoms with Gasteiger partial charge < -0.3 is 33.8 Å². The highest BCUT2D eigenvalue weighted by molar-refractivity contribution is 7.47. The molecule has 0 aromatic rings. The standard InChI is InChI=1S/C72H140O17P2/c1-8-11-12-13-14-25-31-39-46-53-69(74)82-60-68(89-72(77)56-49-42-35-34-38-45-52-65(7)10-3)62-87-91(80,81)85-58-66(73)57-84-90(78,79)86-61-67(59-83-70(75)54-47-40-33-28-29-36-43-50-63(4)5)88-71(76)55-48-41-32-27-24-22-20-18-16-15-17-19-21-23-26-30-37-44-51-64(6)9-2/h63-68,73H,8-62H2,1-7H3,(H,78,79)(H,80,81)/t64?,65?,66-,67-,68-/m1/s1. The van der Waals surface area contributed by atoms with E-state index in [0.717, 1.165) is 108 Å². The summed E-state index contributed by atoms with van der Waals surface area (Å²) in [4.78, 5) is 72.5. The lowest BCUT2D eigenvalue weighted by Gasteiger charge is -2.21. The van der Waals surface area contributed by atoms with E-state index in [9.17, 15) is 43.2 Å². The van der Waals surface area contributed by atoms with Gasteiger partial charge in [0.1, 0.15) is 19.3 Å². The second kappa shape index (κ2) is 62.8. The van der Waals surface area contributed by atoms with Crippen LogP contribution >= 0.6 is 15.6 Å². The molecule has 19 heteroatoms. The van der Waals surface area contributed by atoms with Crippen LogP contribution in [0.2, 0.25) is 0 Å². The van der Waals surface area contributed by atoms with E-state index in [2.05, 4.69) is 48.5 Å². The van der Waals surface area contributed by atoms with E-state index in [1.165, 1.54) is 167 Å². The molecule has 0 aromatic carbocycles. The van der Waals surface area contributed by atoms with E-state index in [1.807, 2.05) is 0 Å². The van der Waals surface area contributed by atoms with Gasteiger partial charge in [-0.2, -0.15) is 0 Å². The van der Waals surface area contributed by atoms with Crippen molar-refractivity contribution in [3.63, 3.8) is 0 Å². The zero-order valence-electron chi connectivity index (χ0n) is 59.3. The van der Waals surface area contributed by atoms with Gasteiger partial charge in [0.2, 0.25) is 0 Å². The maximum absolute atomic E-state index is 13.0. The number of carbonyl (C=O) groups is 4. The molecular formula is C72H140O17P2. The molecule has 3 N–H and O–H groups in total. The molecule has 0 bridgehead atoms. The summed E-state index contributed by atoms with van der Waals surface area (Å²) in [5, 5.41) is 10.6. The number of phosphoric acid groups is 2. The first-order chi connectivity index (χ1) is 43.8. The smallest absolute Gasteiger partial charge is 0.462 e. The minimum Gasteiger partial charge on any atom is -0.462 e. The van der Waals surface area contributed by atoms with Gasteiger partial charge in [-0.25, -0.2) is 9.13 Å². The third-order valence-corrected chi connectivity index (χ3v) is 19.3. The summed E-state index contributed by atoms with van der Waals surface area (Å²) in [5.41, 5.74) is 0. The minimum atomic E-state index is -4.95. The van der Waals surface area contributed by atoms with E-state index < -0.39 is 97.5 Å². The molecule has 0 fully saturated rings. The lowest BCUT2D eigenvalue weighted by molar-refractivity contribution is -0.161. The average Bonchev–Trinajstić information content (AvgIpc) is 3.71. The Hall–Kier alpha value is -1.94. The van der Waals surface area contributed by atoms with Crippen LogP contribution in [0.25, 0.3) is 0 Å². The Kier molecular flexibility index (Phi) is 61.5. The van der Waals surface area contributed by atoms with Gasteiger partial charge in [-0.1, -0.05) is 312 Å². The Morgan fingerprint density at radius 3 is 0.835 bits per heavy atom. The van der Waals surface area contributed by atoms with Crippen molar-refractivity contribution >= 4 is 39.5 Å². The van der Waals surface area contributed by atoms with Gasteiger partial charge in [0, 0.05) is 25.7 Å². The molecule has 0 spiro atoms. The molecule has 0 amide bonds. The number of phosphoric ester groups is 2. The normalized spacial score (nSPS) is 14.8. The molecule has 17 nitrogen and oxygen atoms in total. The van der Waals surface area contributed by atoms with Gasteiger partial charge in [-0.05, 0) is 43.4 Å². The van der Waals surface area contributed by atoms with Crippen molar-refractivity contribution in [1.29, 1.82) is 0 Å². The molecule has 0 aliphatic carbocycles. The van der Waals surface area contributed by atoms with E-state index in [-0.39, 0.29) is 25.7 Å². The Bertz CT molecular complexity index is 1790. The first kappa shape index (κ1) is 89.1. The highest BCUT2D eigenvalue weighted by Gasteiger charge is 2.30. The number of aliphatic hydroxyl groups is 1. The van der Waals surface area contributed by atoms with E-state index >= 15 is 0 Å². The van der Waals surface area contributed by atoms with E-state index in [1.54, 1.807) is 0 Å². The Balaban J connectivity index is 5.13. The predicted molar refractivity (Wildman–Crippen MR) is 368 cm³/mol. The van der Waals surface area contributed by atoms with Gasteiger partial charge in [-0.3, -0.25) is 37.3 Å². The molecule has 0 heterocycles. The van der Waals surface area contributed by atoms with E-state index in [4.69, 9.17) is 37.0 Å². The van der Waals surface area contributed by atoms with Gasteiger partial charge in [0.05, 0.1) is 26.4 Å². The van der Waals surface area contributed by atoms with Crippen LogP contribution in [-0.2, 0) is 65.4 Å². The molecular weight excluding hydrogens is 1200 g/mol. The topological polar surface area (TPSA) is 237 Å². The summed E-state index contributed by atoms with van der Waals surface area (Å²) in [5.74, 6) is 0.166. The van der Waals surface area contributed by atoms with Gasteiger partial charge in [-0.15, -0.1) is 0 Å². The number of hydrogen-bond donors (Lipinski definition) is 3. The fourth-order valence-corrected chi connectivity index (χ4v) is 12.4. The molecule has 0 rings (SSSR count). The van der Waals surface area contributed by atoms with Gasteiger partial charge in [0.25, 0.3) is 0 Å². The number of ether oxygens (including phenoxy) is 4. The van der Waals surface area contributed by atoms with Crippen LogP contribution < -0.4 is 0 Å². The summed E-state index contributed by atoms with van der Waals surface area (Å²) in [6.45, 7) is 11.8. The zero-order valence-corrected chi connectivity index (χ0v) is 61.1. The molecule has 0 aliphatic rings. The Morgan fingerprint density at radius 1 is 0.319 bits per heavy atom. The Labute approximate surface area is 556 Å². The summed E-state index contributed by atoms with van der Waals surface area (Å²) < 4.78 is 68.2. The highest BCUT2D eigenvalue weighted by atomic mass is 31.2. The molecule has 7 atom stereocenters. The Morgan fingerprint density at radius 2 is 0.560 bits per heavy atom. The average molecular weight is 1340 g/mol. The van der Waals surface area contributed by atoms with Crippen molar-refractivity contribution in [2.24, 2.45) is 17.8 Å². The first-order valence-electron chi connectivity index (χ1n) is 37.4. The zero-order chi connectivity index (χ0) is 67.3. The van der Waals surface area contributed by atoms with Crippen molar-refractivity contribution in [3.05, 3.63) is 0 Å². The maximum atomic E-state index is 13.0. The van der Waals surface area contributed by atoms with Crippen molar-refractivity contribution < 1.29 is 80.2 Å². The van der Waals surface area contributed by atoms with Crippen LogP contribution in [0.5, 0.6) is 0 Å². The summed E-state index contributed by atoms with van der Waals surface area (Å²) in [6, 6.07) is 0. The van der Waals surface area contributed by atoms with Crippen LogP contribution in [-0.4, -0.2) is 96.7 Å². The summed E-state index contributed by atoms with van der Waals surface area (Å²) >= 11 is 0. The lowest BCUT2D eigenvalue weighted by Crippen LogP contribution is -2.30. The minimum absolute atomic E-state index is 0.103. The number of hydrogen-bond acceptors (Lipinski definition) is 15. The molecule has 540 valence electrons.